The van der Waals surface area contributed by atoms with Crippen LogP contribution in [0.1, 0.15) is 5.56 Å². The minimum absolute atomic E-state index is 0.00167. The quantitative estimate of drug-likeness (QED) is 0.695. The first-order chi connectivity index (χ1) is 12.7. The lowest BCUT2D eigenvalue weighted by atomic mass is 10.2. The molecule has 0 aliphatic rings. The predicted molar refractivity (Wildman–Crippen MR) is 97.9 cm³/mol. The van der Waals surface area contributed by atoms with Crippen molar-refractivity contribution in [1.82, 2.24) is 9.97 Å². The van der Waals surface area contributed by atoms with E-state index in [0.717, 1.165) is 11.8 Å². The topological polar surface area (TPSA) is 78.7 Å². The molecular formula is C19H13FN4OS. The first-order valence-electron chi connectivity index (χ1n) is 7.67. The summed E-state index contributed by atoms with van der Waals surface area (Å²) in [5, 5.41) is 12.2. The summed E-state index contributed by atoms with van der Waals surface area (Å²) in [6, 6.07) is 16.8. The third-order valence-corrected chi connectivity index (χ3v) is 4.39. The number of carbonyl (C=O) groups is 1. The van der Waals surface area contributed by atoms with Gasteiger partial charge in [-0.05, 0) is 36.4 Å². The molecule has 0 aliphatic heterocycles. The van der Waals surface area contributed by atoms with E-state index in [4.69, 9.17) is 0 Å². The molecule has 128 valence electrons. The number of benzene rings is 1. The van der Waals surface area contributed by atoms with Crippen molar-refractivity contribution in [3.8, 4) is 17.5 Å². The molecule has 0 unspecified atom stereocenters. The Morgan fingerprint density at radius 1 is 1.12 bits per heavy atom. The Kier molecular flexibility index (Phi) is 5.56. The highest BCUT2D eigenvalue weighted by Gasteiger charge is 2.12. The Hall–Kier alpha value is -3.24. The Morgan fingerprint density at radius 2 is 1.92 bits per heavy atom. The van der Waals surface area contributed by atoms with Crippen molar-refractivity contribution in [2.45, 2.75) is 5.03 Å². The molecule has 2 aromatic heterocycles. The molecule has 0 aliphatic carbocycles. The van der Waals surface area contributed by atoms with Crippen LogP contribution in [0.2, 0.25) is 0 Å². The first kappa shape index (κ1) is 17.6. The monoisotopic (exact) mass is 364 g/mol. The van der Waals surface area contributed by atoms with Gasteiger partial charge in [0.05, 0.1) is 28.4 Å². The van der Waals surface area contributed by atoms with Crippen molar-refractivity contribution in [3.05, 3.63) is 72.2 Å². The first-order valence-corrected chi connectivity index (χ1v) is 8.65. The fourth-order valence-electron chi connectivity index (χ4n) is 2.18. The average Bonchev–Trinajstić information content (AvgIpc) is 2.68. The number of carbonyl (C=O) groups excluding carboxylic acids is 1. The number of nitrogens with one attached hydrogen (secondary N) is 1. The number of aromatic nitrogens is 2. The number of thioether (sulfide) groups is 1. The Labute approximate surface area is 153 Å². The lowest BCUT2D eigenvalue weighted by molar-refractivity contribution is -0.113. The van der Waals surface area contributed by atoms with Crippen LogP contribution in [-0.2, 0) is 4.79 Å². The predicted octanol–water partition coefficient (Wildman–Crippen LogP) is 3.89. The van der Waals surface area contributed by atoms with E-state index in [2.05, 4.69) is 21.4 Å². The van der Waals surface area contributed by atoms with Crippen molar-refractivity contribution < 1.29 is 9.18 Å². The highest BCUT2D eigenvalue weighted by molar-refractivity contribution is 8.00. The van der Waals surface area contributed by atoms with Crippen LogP contribution in [-0.4, -0.2) is 21.6 Å². The second kappa shape index (κ2) is 8.23. The molecule has 7 heteroatoms. The minimum atomic E-state index is -0.501. The summed E-state index contributed by atoms with van der Waals surface area (Å²) in [5.74, 6) is -0.880. The summed E-state index contributed by atoms with van der Waals surface area (Å²) in [7, 11) is 0. The van der Waals surface area contributed by atoms with E-state index < -0.39 is 5.82 Å². The molecule has 0 atom stereocenters. The van der Waals surface area contributed by atoms with Crippen LogP contribution in [0.3, 0.4) is 0 Å². The maximum absolute atomic E-state index is 13.6. The second-order valence-corrected chi connectivity index (χ2v) is 6.16. The standard InChI is InChI=1S/C19H13FN4OS/c20-14-5-1-2-6-15(14)23-18(25)12-26-19-13(11-21)8-9-17(24-19)16-7-3-4-10-22-16/h1-10H,12H2,(H,23,25). The number of amides is 1. The number of nitrogens with zero attached hydrogens (tertiary/aromatic N) is 3. The lowest BCUT2D eigenvalue weighted by Gasteiger charge is -2.08. The Morgan fingerprint density at radius 3 is 2.65 bits per heavy atom. The fourth-order valence-corrected chi connectivity index (χ4v) is 2.95. The van der Waals surface area contributed by atoms with Gasteiger partial charge in [0.25, 0.3) is 0 Å². The van der Waals surface area contributed by atoms with Crippen molar-refractivity contribution >= 4 is 23.4 Å². The summed E-state index contributed by atoms with van der Waals surface area (Å²) in [4.78, 5) is 20.7. The molecule has 1 amide bonds. The molecule has 3 aromatic rings. The molecule has 0 spiro atoms. The summed E-state index contributed by atoms with van der Waals surface area (Å²) >= 11 is 1.12. The van der Waals surface area contributed by atoms with Gasteiger partial charge in [-0.25, -0.2) is 9.37 Å². The largest absolute Gasteiger partial charge is 0.323 e. The zero-order valence-electron chi connectivity index (χ0n) is 13.5. The molecular weight excluding hydrogens is 351 g/mol. The molecule has 1 aromatic carbocycles. The molecule has 0 saturated heterocycles. The molecule has 2 heterocycles. The van der Waals surface area contributed by atoms with E-state index >= 15 is 0 Å². The van der Waals surface area contributed by atoms with Gasteiger partial charge in [-0.1, -0.05) is 30.0 Å². The SMILES string of the molecule is N#Cc1ccc(-c2ccccn2)nc1SCC(=O)Nc1ccccc1F. The number of anilines is 1. The average molecular weight is 364 g/mol. The summed E-state index contributed by atoms with van der Waals surface area (Å²) in [5.41, 5.74) is 1.78. The van der Waals surface area contributed by atoms with Gasteiger partial charge < -0.3 is 5.32 Å². The Balaban J connectivity index is 1.73. The number of halogens is 1. The zero-order valence-corrected chi connectivity index (χ0v) is 14.3. The third kappa shape index (κ3) is 4.23. The van der Waals surface area contributed by atoms with E-state index in [1.807, 2.05) is 12.1 Å². The normalized spacial score (nSPS) is 10.2. The maximum atomic E-state index is 13.6. The molecule has 3 rings (SSSR count). The van der Waals surface area contributed by atoms with Crippen LogP contribution in [0, 0.1) is 17.1 Å². The van der Waals surface area contributed by atoms with Crippen LogP contribution in [0.5, 0.6) is 0 Å². The summed E-state index contributed by atoms with van der Waals surface area (Å²) in [6.07, 6.45) is 1.66. The van der Waals surface area contributed by atoms with Crippen LogP contribution in [0.15, 0.2) is 65.8 Å². The smallest absolute Gasteiger partial charge is 0.234 e. The van der Waals surface area contributed by atoms with Gasteiger partial charge in [0.1, 0.15) is 16.9 Å². The summed E-state index contributed by atoms with van der Waals surface area (Å²) in [6.45, 7) is 0. The van der Waals surface area contributed by atoms with E-state index in [-0.39, 0.29) is 17.3 Å². The van der Waals surface area contributed by atoms with Gasteiger partial charge in [-0.3, -0.25) is 9.78 Å². The zero-order chi connectivity index (χ0) is 18.4. The van der Waals surface area contributed by atoms with Gasteiger partial charge in [-0.15, -0.1) is 0 Å². The minimum Gasteiger partial charge on any atom is -0.323 e. The highest BCUT2D eigenvalue weighted by Crippen LogP contribution is 2.24. The number of pyridine rings is 2. The van der Waals surface area contributed by atoms with Crippen molar-refractivity contribution in [1.29, 1.82) is 5.26 Å². The van der Waals surface area contributed by atoms with E-state index in [1.54, 1.807) is 36.5 Å². The van der Waals surface area contributed by atoms with E-state index in [1.165, 1.54) is 12.1 Å². The van der Waals surface area contributed by atoms with Crippen LogP contribution in [0.4, 0.5) is 10.1 Å². The van der Waals surface area contributed by atoms with Crippen LogP contribution >= 0.6 is 11.8 Å². The van der Waals surface area contributed by atoms with Gasteiger partial charge in [0, 0.05) is 6.20 Å². The summed E-state index contributed by atoms with van der Waals surface area (Å²) < 4.78 is 13.6. The van der Waals surface area contributed by atoms with Gasteiger partial charge in [0.15, 0.2) is 0 Å². The van der Waals surface area contributed by atoms with Gasteiger partial charge in [-0.2, -0.15) is 5.26 Å². The van der Waals surface area contributed by atoms with Gasteiger partial charge in [0.2, 0.25) is 5.91 Å². The maximum Gasteiger partial charge on any atom is 0.234 e. The molecule has 26 heavy (non-hydrogen) atoms. The third-order valence-electron chi connectivity index (χ3n) is 3.40. The molecule has 5 nitrogen and oxygen atoms in total. The number of nitriles is 1. The molecule has 1 N–H and O–H groups in total. The van der Waals surface area contributed by atoms with Gasteiger partial charge >= 0.3 is 0 Å². The van der Waals surface area contributed by atoms with Crippen molar-refractivity contribution in [2.75, 3.05) is 11.1 Å². The van der Waals surface area contributed by atoms with Crippen molar-refractivity contribution in [3.63, 3.8) is 0 Å². The van der Waals surface area contributed by atoms with E-state index in [9.17, 15) is 14.4 Å². The second-order valence-electron chi connectivity index (χ2n) is 5.19. The number of hydrogen-bond acceptors (Lipinski definition) is 5. The molecule has 0 bridgehead atoms. The highest BCUT2D eigenvalue weighted by atomic mass is 32.2. The Bertz CT molecular complexity index is 973. The lowest BCUT2D eigenvalue weighted by Crippen LogP contribution is -2.15. The fraction of sp³-hybridized carbons (Fsp3) is 0.0526. The number of para-hydroxylation sites is 1. The molecule has 0 fully saturated rings. The van der Waals surface area contributed by atoms with Crippen LogP contribution < -0.4 is 5.32 Å². The van der Waals surface area contributed by atoms with E-state index in [0.29, 0.717) is 22.0 Å². The van der Waals surface area contributed by atoms with Crippen LogP contribution in [0.25, 0.3) is 11.4 Å². The number of rotatable bonds is 5. The van der Waals surface area contributed by atoms with Crippen molar-refractivity contribution in [2.24, 2.45) is 0 Å². The molecule has 0 radical (unpaired) electrons. The molecule has 0 saturated carbocycles. The number of hydrogen-bond donors (Lipinski definition) is 1.